The zero-order valence-corrected chi connectivity index (χ0v) is 12.6. The van der Waals surface area contributed by atoms with E-state index in [1.165, 1.54) is 0 Å². The molecule has 0 spiro atoms. The number of sulfonamides is 1. The van der Waals surface area contributed by atoms with Crippen LogP contribution in [0, 0.1) is 6.92 Å². The number of thiophene rings is 1. The maximum absolute atomic E-state index is 13.7. The summed E-state index contributed by atoms with van der Waals surface area (Å²) in [7, 11) is -3.88. The van der Waals surface area contributed by atoms with Gasteiger partial charge in [0.2, 0.25) is 10.0 Å². The minimum atomic E-state index is -3.88. The van der Waals surface area contributed by atoms with E-state index in [4.69, 9.17) is 5.11 Å². The normalized spacial score (nSPS) is 23.7. The number of alkyl halides is 1. The minimum absolute atomic E-state index is 0.0386. The largest absolute Gasteiger partial charge is 0.477 e. The molecule has 1 fully saturated rings. The number of hydrogen-bond donors (Lipinski definition) is 2. The summed E-state index contributed by atoms with van der Waals surface area (Å²) in [6.07, 6.45) is 1.19. The van der Waals surface area contributed by atoms with Gasteiger partial charge in [-0.3, -0.25) is 0 Å². The Morgan fingerprint density at radius 3 is 2.65 bits per heavy atom. The number of nitrogens with one attached hydrogen (secondary N) is 1. The van der Waals surface area contributed by atoms with Crippen LogP contribution < -0.4 is 4.72 Å². The van der Waals surface area contributed by atoms with Crippen LogP contribution in [0.1, 0.15) is 40.2 Å². The lowest BCUT2D eigenvalue weighted by atomic mass is 9.95. The molecule has 0 radical (unpaired) electrons. The molecule has 8 heteroatoms. The molecular weight excluding hydrogens is 305 g/mol. The van der Waals surface area contributed by atoms with E-state index >= 15 is 0 Å². The first kappa shape index (κ1) is 15.4. The second kappa shape index (κ2) is 5.79. The molecule has 0 saturated heterocycles. The van der Waals surface area contributed by atoms with Gasteiger partial charge >= 0.3 is 5.97 Å². The summed E-state index contributed by atoms with van der Waals surface area (Å²) >= 11 is 0.900. The third-order valence-corrected chi connectivity index (χ3v) is 6.14. The molecule has 0 unspecified atom stereocenters. The highest BCUT2D eigenvalue weighted by molar-refractivity contribution is 7.89. The molecular formula is C12H16FNO4S2. The summed E-state index contributed by atoms with van der Waals surface area (Å²) in [4.78, 5) is 11.2. The summed E-state index contributed by atoms with van der Waals surface area (Å²) in [5, 5.41) is 8.89. The Morgan fingerprint density at radius 2 is 2.10 bits per heavy atom. The molecule has 1 saturated carbocycles. The van der Waals surface area contributed by atoms with Gasteiger partial charge in [0.25, 0.3) is 0 Å². The highest BCUT2D eigenvalue weighted by Gasteiger charge is 2.31. The number of aryl methyl sites for hydroxylation is 1. The SMILES string of the molecule is Cc1sc(C(=O)O)cc1S(=O)(=O)N[C@@H]1CCCC[C@H]1F. The van der Waals surface area contributed by atoms with Crippen molar-refractivity contribution in [2.24, 2.45) is 0 Å². The summed E-state index contributed by atoms with van der Waals surface area (Å²) < 4.78 is 40.6. The van der Waals surface area contributed by atoms with Crippen molar-refractivity contribution < 1.29 is 22.7 Å². The van der Waals surface area contributed by atoms with E-state index in [1.54, 1.807) is 6.92 Å². The van der Waals surface area contributed by atoms with Crippen molar-refractivity contribution >= 4 is 27.3 Å². The quantitative estimate of drug-likeness (QED) is 0.891. The Kier molecular flexibility index (Phi) is 4.46. The fourth-order valence-electron chi connectivity index (χ4n) is 2.32. The second-order valence-electron chi connectivity index (χ2n) is 4.86. The van der Waals surface area contributed by atoms with Crippen molar-refractivity contribution in [2.75, 3.05) is 0 Å². The van der Waals surface area contributed by atoms with Gasteiger partial charge in [0.15, 0.2) is 0 Å². The molecule has 0 amide bonds. The van der Waals surface area contributed by atoms with Crippen LogP contribution in [0.15, 0.2) is 11.0 Å². The summed E-state index contributed by atoms with van der Waals surface area (Å²) in [6.45, 7) is 1.54. The van der Waals surface area contributed by atoms with Crippen molar-refractivity contribution in [2.45, 2.75) is 49.7 Å². The number of rotatable bonds is 4. The average molecular weight is 321 g/mol. The molecule has 1 aliphatic rings. The molecule has 1 heterocycles. The smallest absolute Gasteiger partial charge is 0.345 e. The van der Waals surface area contributed by atoms with Crippen LogP contribution in [-0.2, 0) is 10.0 Å². The second-order valence-corrected chi connectivity index (χ2v) is 7.80. The number of hydrogen-bond acceptors (Lipinski definition) is 4. The van der Waals surface area contributed by atoms with Crippen molar-refractivity contribution in [3.05, 3.63) is 15.8 Å². The van der Waals surface area contributed by atoms with Crippen molar-refractivity contribution in [3.8, 4) is 0 Å². The number of aromatic carboxylic acids is 1. The lowest BCUT2D eigenvalue weighted by molar-refractivity contribution is 0.0702. The van der Waals surface area contributed by atoms with Gasteiger partial charge in [0, 0.05) is 4.88 Å². The van der Waals surface area contributed by atoms with Gasteiger partial charge in [0.1, 0.15) is 11.0 Å². The van der Waals surface area contributed by atoms with Crippen LogP contribution >= 0.6 is 11.3 Å². The monoisotopic (exact) mass is 321 g/mol. The van der Waals surface area contributed by atoms with Gasteiger partial charge in [-0.1, -0.05) is 12.8 Å². The molecule has 1 aromatic heterocycles. The van der Waals surface area contributed by atoms with Crippen LogP contribution in [0.4, 0.5) is 4.39 Å². The number of carboxylic acids is 1. The fraction of sp³-hybridized carbons (Fsp3) is 0.583. The standard InChI is InChI=1S/C12H16FNO4S2/c1-7-11(6-10(19-7)12(15)16)20(17,18)14-9-5-3-2-4-8(9)13/h6,8-9,14H,2-5H2,1H3,(H,15,16)/t8-,9-/m1/s1. The Hall–Kier alpha value is -0.990. The molecule has 2 N–H and O–H groups in total. The third-order valence-electron chi connectivity index (χ3n) is 3.36. The molecule has 20 heavy (non-hydrogen) atoms. The number of halogens is 1. The zero-order valence-electron chi connectivity index (χ0n) is 10.9. The van der Waals surface area contributed by atoms with Crippen LogP contribution in [-0.4, -0.2) is 31.7 Å². The van der Waals surface area contributed by atoms with E-state index in [9.17, 15) is 17.6 Å². The molecule has 5 nitrogen and oxygen atoms in total. The predicted octanol–water partition coefficient (Wildman–Crippen LogP) is 2.31. The van der Waals surface area contributed by atoms with Gasteiger partial charge in [-0.2, -0.15) is 0 Å². The lowest BCUT2D eigenvalue weighted by Crippen LogP contribution is -2.43. The Morgan fingerprint density at radius 1 is 1.45 bits per heavy atom. The van der Waals surface area contributed by atoms with Gasteiger partial charge in [-0.05, 0) is 25.8 Å². The first-order valence-corrected chi connectivity index (χ1v) is 8.61. The molecule has 2 rings (SSSR count). The highest BCUT2D eigenvalue weighted by Crippen LogP contribution is 2.28. The fourth-order valence-corrected chi connectivity index (χ4v) is 5.04. The van der Waals surface area contributed by atoms with Crippen molar-refractivity contribution in [3.63, 3.8) is 0 Å². The number of carbonyl (C=O) groups is 1. The first-order valence-electron chi connectivity index (χ1n) is 6.31. The maximum Gasteiger partial charge on any atom is 0.345 e. The first-order chi connectivity index (χ1) is 9.31. The van der Waals surface area contributed by atoms with Crippen molar-refractivity contribution in [1.29, 1.82) is 0 Å². The van der Waals surface area contributed by atoms with Crippen LogP contribution in [0.25, 0.3) is 0 Å². The van der Waals surface area contributed by atoms with E-state index in [1.807, 2.05) is 0 Å². The van der Waals surface area contributed by atoms with Gasteiger partial charge in [0.05, 0.1) is 10.9 Å². The Labute approximate surface area is 120 Å². The van der Waals surface area contributed by atoms with E-state index in [0.717, 1.165) is 30.2 Å². The molecule has 0 aromatic carbocycles. The van der Waals surface area contributed by atoms with E-state index in [2.05, 4.69) is 4.72 Å². The molecule has 0 aliphatic heterocycles. The summed E-state index contributed by atoms with van der Waals surface area (Å²) in [6, 6.07) is 0.405. The summed E-state index contributed by atoms with van der Waals surface area (Å²) in [5.74, 6) is -1.17. The van der Waals surface area contributed by atoms with Gasteiger partial charge in [-0.15, -0.1) is 11.3 Å². The van der Waals surface area contributed by atoms with Crippen LogP contribution in [0.2, 0.25) is 0 Å². The zero-order chi connectivity index (χ0) is 14.9. The van der Waals surface area contributed by atoms with E-state index in [0.29, 0.717) is 17.7 Å². The van der Waals surface area contributed by atoms with Crippen LogP contribution in [0.5, 0.6) is 0 Å². The van der Waals surface area contributed by atoms with E-state index in [-0.39, 0.29) is 9.77 Å². The lowest BCUT2D eigenvalue weighted by Gasteiger charge is -2.26. The highest BCUT2D eigenvalue weighted by atomic mass is 32.2. The summed E-state index contributed by atoms with van der Waals surface area (Å²) in [5.41, 5.74) is 0. The molecule has 2 atom stereocenters. The average Bonchev–Trinajstić information content (AvgIpc) is 2.75. The predicted molar refractivity (Wildman–Crippen MR) is 73.5 cm³/mol. The maximum atomic E-state index is 13.7. The third kappa shape index (κ3) is 3.18. The van der Waals surface area contributed by atoms with Gasteiger partial charge in [-0.25, -0.2) is 22.3 Å². The molecule has 1 aromatic rings. The van der Waals surface area contributed by atoms with Crippen molar-refractivity contribution in [1.82, 2.24) is 4.72 Å². The Balaban J connectivity index is 2.24. The van der Waals surface area contributed by atoms with E-state index < -0.39 is 28.2 Å². The Bertz CT molecular complexity index is 611. The molecule has 1 aliphatic carbocycles. The number of carboxylic acid groups (broad SMARTS) is 1. The van der Waals surface area contributed by atoms with Crippen LogP contribution in [0.3, 0.4) is 0 Å². The topological polar surface area (TPSA) is 83.5 Å². The minimum Gasteiger partial charge on any atom is -0.477 e. The molecule has 0 bridgehead atoms. The molecule has 112 valence electrons. The van der Waals surface area contributed by atoms with Gasteiger partial charge < -0.3 is 5.11 Å².